The number of ether oxygens (including phenoxy) is 2. The first-order chi connectivity index (χ1) is 13.3. The van der Waals surface area contributed by atoms with Crippen LogP contribution in [0.2, 0.25) is 0 Å². The van der Waals surface area contributed by atoms with Crippen LogP contribution in [0, 0.1) is 17.8 Å². The fourth-order valence-electron chi connectivity index (χ4n) is 4.18. The van der Waals surface area contributed by atoms with Crippen LogP contribution in [-0.2, 0) is 9.53 Å². The van der Waals surface area contributed by atoms with Gasteiger partial charge >= 0.3 is 6.09 Å². The van der Waals surface area contributed by atoms with Crippen LogP contribution in [0.3, 0.4) is 0 Å². The third-order valence-electron chi connectivity index (χ3n) is 5.38. The molecule has 7 heteroatoms. The lowest BCUT2D eigenvalue weighted by Crippen LogP contribution is -2.36. The summed E-state index contributed by atoms with van der Waals surface area (Å²) in [5.41, 5.74) is -0.448. The number of carbonyl (C=O) groups excluding carboxylic acids is 2. The van der Waals surface area contributed by atoms with Crippen molar-refractivity contribution in [1.82, 2.24) is 15.2 Å². The maximum atomic E-state index is 12.2. The number of nitrogens with zero attached hydrogens (tertiary/aromatic N) is 2. The molecule has 0 aromatic carbocycles. The predicted molar refractivity (Wildman–Crippen MR) is 105 cm³/mol. The van der Waals surface area contributed by atoms with Crippen molar-refractivity contribution in [3.63, 3.8) is 0 Å². The molecule has 2 heterocycles. The molecule has 0 spiro atoms. The molecular formula is C21H31N3O4. The third kappa shape index (κ3) is 5.84. The second-order valence-corrected chi connectivity index (χ2v) is 8.86. The Morgan fingerprint density at radius 1 is 1.25 bits per heavy atom. The number of hydrogen-bond donors (Lipinski definition) is 1. The van der Waals surface area contributed by atoms with Gasteiger partial charge in [-0.25, -0.2) is 4.79 Å². The first-order valence-electron chi connectivity index (χ1n) is 10.1. The summed E-state index contributed by atoms with van der Waals surface area (Å²) in [7, 11) is 0. The molecule has 1 saturated heterocycles. The Hall–Kier alpha value is -2.31. The summed E-state index contributed by atoms with van der Waals surface area (Å²) >= 11 is 0. The Bertz CT molecular complexity index is 660. The molecule has 2 aliphatic rings. The van der Waals surface area contributed by atoms with Crippen molar-refractivity contribution < 1.29 is 19.1 Å². The van der Waals surface area contributed by atoms with Crippen molar-refractivity contribution in [2.45, 2.75) is 45.6 Å². The molecule has 0 bridgehead atoms. The van der Waals surface area contributed by atoms with Crippen LogP contribution in [0.25, 0.3) is 0 Å². The maximum absolute atomic E-state index is 12.2. The molecule has 1 aromatic heterocycles. The molecule has 154 valence electrons. The van der Waals surface area contributed by atoms with E-state index in [-0.39, 0.29) is 18.6 Å². The lowest BCUT2D eigenvalue weighted by atomic mass is 10.0. The number of likely N-dealkylation sites (tertiary alicyclic amines) is 1. The van der Waals surface area contributed by atoms with E-state index in [1.165, 1.54) is 0 Å². The zero-order valence-electron chi connectivity index (χ0n) is 17.0. The monoisotopic (exact) mass is 389 g/mol. The summed E-state index contributed by atoms with van der Waals surface area (Å²) in [6.07, 6.45) is 6.26. The van der Waals surface area contributed by atoms with Gasteiger partial charge in [-0.1, -0.05) is 0 Å². The molecule has 3 rings (SSSR count). The summed E-state index contributed by atoms with van der Waals surface area (Å²) in [6.45, 7) is 7.94. The zero-order chi connectivity index (χ0) is 20.1. The highest BCUT2D eigenvalue weighted by Crippen LogP contribution is 2.43. The Kier molecular flexibility index (Phi) is 6.42. The molecule has 0 radical (unpaired) electrons. The van der Waals surface area contributed by atoms with Crippen LogP contribution < -0.4 is 10.1 Å². The van der Waals surface area contributed by atoms with E-state index in [9.17, 15) is 9.59 Å². The Morgan fingerprint density at radius 3 is 2.57 bits per heavy atom. The van der Waals surface area contributed by atoms with Gasteiger partial charge in [0.15, 0.2) is 6.61 Å². The van der Waals surface area contributed by atoms with Crippen molar-refractivity contribution in [2.24, 2.45) is 17.8 Å². The summed E-state index contributed by atoms with van der Waals surface area (Å²) in [6, 6.07) is 3.55. The molecule has 7 nitrogen and oxygen atoms in total. The number of fused-ring (bicyclic) bond motifs is 1. The molecule has 3 atom stereocenters. The van der Waals surface area contributed by atoms with Gasteiger partial charge in [0, 0.05) is 25.8 Å². The van der Waals surface area contributed by atoms with Crippen molar-refractivity contribution in [3.8, 4) is 5.75 Å². The van der Waals surface area contributed by atoms with Crippen LogP contribution >= 0.6 is 0 Å². The number of hydrogen-bond acceptors (Lipinski definition) is 5. The lowest BCUT2D eigenvalue weighted by molar-refractivity contribution is -0.123. The van der Waals surface area contributed by atoms with E-state index >= 15 is 0 Å². The van der Waals surface area contributed by atoms with E-state index in [0.29, 0.717) is 30.0 Å². The number of rotatable bonds is 6. The average molecular weight is 389 g/mol. The minimum Gasteiger partial charge on any atom is -0.482 e. The minimum absolute atomic E-state index is 0.00641. The van der Waals surface area contributed by atoms with E-state index in [2.05, 4.69) is 10.3 Å². The number of aromatic nitrogens is 1. The van der Waals surface area contributed by atoms with E-state index in [0.717, 1.165) is 32.4 Å². The Morgan fingerprint density at radius 2 is 1.96 bits per heavy atom. The summed E-state index contributed by atoms with van der Waals surface area (Å²) in [5.74, 6) is 2.20. The van der Waals surface area contributed by atoms with Crippen LogP contribution in [-0.4, -0.2) is 53.7 Å². The third-order valence-corrected chi connectivity index (χ3v) is 5.38. The van der Waals surface area contributed by atoms with Crippen molar-refractivity contribution in [2.75, 3.05) is 26.2 Å². The molecule has 2 amide bonds. The van der Waals surface area contributed by atoms with Gasteiger partial charge in [0.25, 0.3) is 5.91 Å². The highest BCUT2D eigenvalue weighted by atomic mass is 16.6. The molecule has 28 heavy (non-hydrogen) atoms. The quantitative estimate of drug-likeness (QED) is 0.809. The molecule has 1 saturated carbocycles. The van der Waals surface area contributed by atoms with Gasteiger partial charge in [-0.05, 0) is 69.9 Å². The van der Waals surface area contributed by atoms with Crippen molar-refractivity contribution in [1.29, 1.82) is 0 Å². The molecule has 1 aromatic rings. The lowest BCUT2D eigenvalue weighted by Gasteiger charge is -2.25. The van der Waals surface area contributed by atoms with Gasteiger partial charge in [-0.3, -0.25) is 9.78 Å². The van der Waals surface area contributed by atoms with E-state index in [4.69, 9.17) is 9.47 Å². The molecular weight excluding hydrogens is 358 g/mol. The average Bonchev–Trinajstić information content (AvgIpc) is 3.18. The van der Waals surface area contributed by atoms with Crippen LogP contribution in [0.5, 0.6) is 5.75 Å². The number of amides is 2. The zero-order valence-corrected chi connectivity index (χ0v) is 17.0. The van der Waals surface area contributed by atoms with E-state index in [1.54, 1.807) is 24.5 Å². The second-order valence-electron chi connectivity index (χ2n) is 8.86. The number of carbonyl (C=O) groups is 2. The van der Waals surface area contributed by atoms with Gasteiger partial charge in [0.05, 0.1) is 6.20 Å². The van der Waals surface area contributed by atoms with Gasteiger partial charge < -0.3 is 19.7 Å². The van der Waals surface area contributed by atoms with Gasteiger partial charge in [0.1, 0.15) is 11.4 Å². The Balaban J connectivity index is 1.31. The van der Waals surface area contributed by atoms with Crippen LogP contribution in [0.4, 0.5) is 4.79 Å². The van der Waals surface area contributed by atoms with Crippen LogP contribution in [0.15, 0.2) is 24.5 Å². The number of nitrogens with one attached hydrogen (secondary N) is 1. The molecule has 1 aliphatic carbocycles. The Labute approximate surface area is 166 Å². The van der Waals surface area contributed by atoms with Crippen molar-refractivity contribution >= 4 is 12.0 Å². The van der Waals surface area contributed by atoms with Crippen LogP contribution in [0.1, 0.15) is 40.0 Å². The summed E-state index contributed by atoms with van der Waals surface area (Å²) in [5, 5.41) is 2.93. The largest absolute Gasteiger partial charge is 0.482 e. The van der Waals surface area contributed by atoms with Crippen molar-refractivity contribution in [3.05, 3.63) is 24.5 Å². The van der Waals surface area contributed by atoms with Gasteiger partial charge in [-0.15, -0.1) is 0 Å². The smallest absolute Gasteiger partial charge is 0.410 e. The minimum atomic E-state index is -0.448. The summed E-state index contributed by atoms with van der Waals surface area (Å²) in [4.78, 5) is 29.9. The molecule has 1 aliphatic heterocycles. The fourth-order valence-corrected chi connectivity index (χ4v) is 4.18. The van der Waals surface area contributed by atoms with Gasteiger partial charge in [0.2, 0.25) is 0 Å². The molecule has 2 fully saturated rings. The fraction of sp³-hybridized carbons (Fsp3) is 0.667. The normalized spacial score (nSPS) is 24.0. The first-order valence-corrected chi connectivity index (χ1v) is 10.1. The van der Waals surface area contributed by atoms with Gasteiger partial charge in [-0.2, -0.15) is 0 Å². The highest BCUT2D eigenvalue weighted by Gasteiger charge is 2.43. The standard InChI is InChI=1S/C21H31N3O4/c1-21(2,3)28-20(26)24-12-16-9-15(10-17(16)13-24)6-8-23-19(25)14-27-18-5-4-7-22-11-18/h4-5,7,11,15-17H,6,8-10,12-14H2,1-3H3,(H,23,25)/t15-,16-,17+. The first kappa shape index (κ1) is 20.4. The summed E-state index contributed by atoms with van der Waals surface area (Å²) < 4.78 is 10.9. The SMILES string of the molecule is CC(C)(C)OC(=O)N1C[C@H]2C[C@@H](CCNC(=O)COc3cccnc3)C[C@H]2C1. The number of pyridine rings is 1. The van der Waals surface area contributed by atoms with E-state index in [1.807, 2.05) is 25.7 Å². The predicted octanol–water partition coefficient (Wildman–Crippen LogP) is 2.86. The second kappa shape index (κ2) is 8.80. The maximum Gasteiger partial charge on any atom is 0.410 e. The van der Waals surface area contributed by atoms with E-state index < -0.39 is 5.60 Å². The molecule has 0 unspecified atom stereocenters. The molecule has 1 N–H and O–H groups in total. The topological polar surface area (TPSA) is 80.8 Å². The highest BCUT2D eigenvalue weighted by molar-refractivity contribution is 5.77.